The van der Waals surface area contributed by atoms with Crippen molar-refractivity contribution in [3.8, 4) is 0 Å². The van der Waals surface area contributed by atoms with Gasteiger partial charge < -0.3 is 4.90 Å². The number of rotatable bonds is 0. The molecule has 1 aliphatic rings. The van der Waals surface area contributed by atoms with Crippen LogP contribution in [0.3, 0.4) is 0 Å². The second-order valence-electron chi connectivity index (χ2n) is 3.96. The molecule has 0 unspecified atom stereocenters. The molecular weight excluding hydrogens is 182 g/mol. The first-order valence-corrected chi connectivity index (χ1v) is 5.08. The molecule has 2 aromatic carbocycles. The number of anilines is 1. The molecule has 78 valence electrons. The minimum absolute atomic E-state index is 0. The summed E-state index contributed by atoms with van der Waals surface area (Å²) < 4.78 is 0. The molecule has 15 heavy (non-hydrogen) atoms. The molecule has 0 atom stereocenters. The van der Waals surface area contributed by atoms with E-state index in [1.54, 1.807) is 0 Å². The van der Waals surface area contributed by atoms with Crippen molar-refractivity contribution in [1.82, 2.24) is 0 Å². The quantitative estimate of drug-likeness (QED) is 0.628. The Balaban J connectivity index is 0.000000853. The van der Waals surface area contributed by atoms with Crippen LogP contribution in [0, 0.1) is 0 Å². The third-order valence-corrected chi connectivity index (χ3v) is 3.10. The SMILES string of the molecule is C.CN1CCc2cccc3cccc1c23. The molecule has 0 amide bonds. The molecular formula is C14H17N. The van der Waals surface area contributed by atoms with Gasteiger partial charge in [-0.2, -0.15) is 0 Å². The largest absolute Gasteiger partial charge is 0.374 e. The molecule has 0 bridgehead atoms. The normalized spacial score (nSPS) is 13.8. The zero-order chi connectivity index (χ0) is 9.54. The highest BCUT2D eigenvalue weighted by molar-refractivity contribution is 5.97. The van der Waals surface area contributed by atoms with E-state index in [-0.39, 0.29) is 7.43 Å². The highest BCUT2D eigenvalue weighted by Gasteiger charge is 2.14. The topological polar surface area (TPSA) is 3.24 Å². The van der Waals surface area contributed by atoms with E-state index in [9.17, 15) is 0 Å². The Kier molecular flexibility index (Phi) is 2.39. The maximum absolute atomic E-state index is 2.34. The first kappa shape index (κ1) is 10.0. The monoisotopic (exact) mass is 199 g/mol. The van der Waals surface area contributed by atoms with Crippen LogP contribution in [0.1, 0.15) is 13.0 Å². The van der Waals surface area contributed by atoms with Gasteiger partial charge in [0.15, 0.2) is 0 Å². The van der Waals surface area contributed by atoms with E-state index in [0.29, 0.717) is 0 Å². The Morgan fingerprint density at radius 2 is 1.80 bits per heavy atom. The fourth-order valence-corrected chi connectivity index (χ4v) is 2.33. The average molecular weight is 199 g/mol. The zero-order valence-corrected chi connectivity index (χ0v) is 8.33. The fourth-order valence-electron chi connectivity index (χ4n) is 2.33. The molecule has 3 rings (SSSR count). The first-order valence-electron chi connectivity index (χ1n) is 5.08. The van der Waals surface area contributed by atoms with Crippen molar-refractivity contribution >= 4 is 16.5 Å². The van der Waals surface area contributed by atoms with Gasteiger partial charge in [-0.05, 0) is 23.4 Å². The van der Waals surface area contributed by atoms with Gasteiger partial charge in [0.05, 0.1) is 0 Å². The summed E-state index contributed by atoms with van der Waals surface area (Å²) in [5.74, 6) is 0. The van der Waals surface area contributed by atoms with Gasteiger partial charge in [0.1, 0.15) is 0 Å². The van der Waals surface area contributed by atoms with Gasteiger partial charge in [0.25, 0.3) is 0 Å². The van der Waals surface area contributed by atoms with E-state index in [2.05, 4.69) is 48.3 Å². The lowest BCUT2D eigenvalue weighted by molar-refractivity contribution is 0.866. The van der Waals surface area contributed by atoms with Crippen molar-refractivity contribution in [2.45, 2.75) is 13.8 Å². The molecule has 1 nitrogen and oxygen atoms in total. The molecule has 0 saturated carbocycles. The summed E-state index contributed by atoms with van der Waals surface area (Å²) in [5.41, 5.74) is 2.88. The molecule has 0 spiro atoms. The summed E-state index contributed by atoms with van der Waals surface area (Å²) in [6.45, 7) is 1.14. The second-order valence-corrected chi connectivity index (χ2v) is 3.96. The standard InChI is InChI=1S/C13H13N.CH4/c1-14-9-8-11-5-2-4-10-6-3-7-12(14)13(10)11;/h2-7H,8-9H2,1H3;1H4. The minimum atomic E-state index is 0. The van der Waals surface area contributed by atoms with Gasteiger partial charge in [0.2, 0.25) is 0 Å². The van der Waals surface area contributed by atoms with E-state index in [1.807, 2.05) is 0 Å². The fraction of sp³-hybridized carbons (Fsp3) is 0.286. The van der Waals surface area contributed by atoms with Crippen LogP contribution in [0.25, 0.3) is 10.8 Å². The third kappa shape index (κ3) is 1.39. The van der Waals surface area contributed by atoms with Gasteiger partial charge in [-0.25, -0.2) is 0 Å². The van der Waals surface area contributed by atoms with E-state index < -0.39 is 0 Å². The number of benzene rings is 2. The first-order chi connectivity index (χ1) is 6.86. The van der Waals surface area contributed by atoms with Gasteiger partial charge in [-0.3, -0.25) is 0 Å². The highest BCUT2D eigenvalue weighted by Crippen LogP contribution is 2.32. The molecule has 2 aromatic rings. The van der Waals surface area contributed by atoms with Gasteiger partial charge in [-0.15, -0.1) is 0 Å². The van der Waals surface area contributed by atoms with Crippen molar-refractivity contribution in [3.05, 3.63) is 42.0 Å². The van der Waals surface area contributed by atoms with Gasteiger partial charge >= 0.3 is 0 Å². The smallest absolute Gasteiger partial charge is 0.0446 e. The Hall–Kier alpha value is -1.50. The number of likely N-dealkylation sites (N-methyl/N-ethyl adjacent to an activating group) is 1. The lowest BCUT2D eigenvalue weighted by Gasteiger charge is -2.27. The van der Waals surface area contributed by atoms with E-state index >= 15 is 0 Å². The van der Waals surface area contributed by atoms with Crippen molar-refractivity contribution < 1.29 is 0 Å². The molecule has 0 aromatic heterocycles. The maximum Gasteiger partial charge on any atom is 0.0446 e. The molecule has 0 saturated heterocycles. The molecule has 1 heteroatoms. The Labute approximate surface area is 91.3 Å². The molecule has 1 heterocycles. The van der Waals surface area contributed by atoms with Crippen LogP contribution >= 0.6 is 0 Å². The van der Waals surface area contributed by atoms with Crippen molar-refractivity contribution in [3.63, 3.8) is 0 Å². The minimum Gasteiger partial charge on any atom is -0.374 e. The number of hydrogen-bond donors (Lipinski definition) is 0. The van der Waals surface area contributed by atoms with Gasteiger partial charge in [0, 0.05) is 24.7 Å². The third-order valence-electron chi connectivity index (χ3n) is 3.10. The lowest BCUT2D eigenvalue weighted by atomic mass is 9.97. The summed E-state index contributed by atoms with van der Waals surface area (Å²) in [6, 6.07) is 13.2. The summed E-state index contributed by atoms with van der Waals surface area (Å²) in [4.78, 5) is 2.34. The second kappa shape index (κ2) is 3.58. The molecule has 0 radical (unpaired) electrons. The lowest BCUT2D eigenvalue weighted by Crippen LogP contribution is -2.24. The summed E-state index contributed by atoms with van der Waals surface area (Å²) >= 11 is 0. The number of nitrogens with zero attached hydrogens (tertiary/aromatic N) is 1. The zero-order valence-electron chi connectivity index (χ0n) is 8.33. The maximum atomic E-state index is 2.34. The van der Waals surface area contributed by atoms with Crippen LogP contribution in [-0.4, -0.2) is 13.6 Å². The Morgan fingerprint density at radius 3 is 2.60 bits per heavy atom. The van der Waals surface area contributed by atoms with Crippen LogP contribution in [0.15, 0.2) is 36.4 Å². The van der Waals surface area contributed by atoms with E-state index in [4.69, 9.17) is 0 Å². The van der Waals surface area contributed by atoms with Crippen LogP contribution in [-0.2, 0) is 6.42 Å². The van der Waals surface area contributed by atoms with Crippen molar-refractivity contribution in [2.75, 3.05) is 18.5 Å². The van der Waals surface area contributed by atoms with Crippen LogP contribution in [0.5, 0.6) is 0 Å². The Morgan fingerprint density at radius 1 is 1.07 bits per heavy atom. The Bertz CT molecular complexity index is 482. The predicted octanol–water partition coefficient (Wildman–Crippen LogP) is 3.47. The molecule has 1 aliphatic heterocycles. The van der Waals surface area contributed by atoms with Crippen LogP contribution in [0.2, 0.25) is 0 Å². The molecule has 0 N–H and O–H groups in total. The van der Waals surface area contributed by atoms with E-state index in [1.165, 1.54) is 28.4 Å². The van der Waals surface area contributed by atoms with Crippen LogP contribution < -0.4 is 4.90 Å². The molecule has 0 aliphatic carbocycles. The van der Waals surface area contributed by atoms with Crippen molar-refractivity contribution in [1.29, 1.82) is 0 Å². The van der Waals surface area contributed by atoms with Gasteiger partial charge in [-0.1, -0.05) is 37.8 Å². The average Bonchev–Trinajstić information content (AvgIpc) is 2.24. The van der Waals surface area contributed by atoms with Crippen molar-refractivity contribution in [2.24, 2.45) is 0 Å². The predicted molar refractivity (Wildman–Crippen MR) is 67.7 cm³/mol. The summed E-state index contributed by atoms with van der Waals surface area (Å²) in [5, 5.41) is 2.82. The number of hydrogen-bond acceptors (Lipinski definition) is 1. The van der Waals surface area contributed by atoms with E-state index in [0.717, 1.165) is 6.54 Å². The summed E-state index contributed by atoms with van der Waals surface area (Å²) in [7, 11) is 2.17. The summed E-state index contributed by atoms with van der Waals surface area (Å²) in [6.07, 6.45) is 1.17. The molecule has 0 fully saturated rings. The van der Waals surface area contributed by atoms with Crippen LogP contribution in [0.4, 0.5) is 5.69 Å². The highest BCUT2D eigenvalue weighted by atomic mass is 15.1.